The smallest absolute Gasteiger partial charge is 0.416 e. The van der Waals surface area contributed by atoms with E-state index in [1.807, 2.05) is 42.5 Å². The van der Waals surface area contributed by atoms with Crippen molar-refractivity contribution >= 4 is 17.8 Å². The van der Waals surface area contributed by atoms with E-state index >= 15 is 0 Å². The average Bonchev–Trinajstić information content (AvgIpc) is 3.25. The number of β-amino-alcohol motifs (C(OH)–C–C–N with tert-alkyl or cyclic N) is 1. The van der Waals surface area contributed by atoms with E-state index in [4.69, 9.17) is 9.47 Å². The summed E-state index contributed by atoms with van der Waals surface area (Å²) in [5.74, 6) is -0.795. The largest absolute Gasteiger partial charge is 0.456 e. The topological polar surface area (TPSA) is 93.1 Å². The van der Waals surface area contributed by atoms with Crippen LogP contribution in [0.1, 0.15) is 16.8 Å². The number of ether oxygens (including phenoxy) is 2. The van der Waals surface area contributed by atoms with E-state index in [1.165, 1.54) is 0 Å². The number of amides is 1. The second-order valence-electron chi connectivity index (χ2n) is 7.71. The Bertz CT molecular complexity index is 1110. The molecule has 1 N–H and O–H groups in total. The molecule has 0 spiro atoms. The van der Waals surface area contributed by atoms with Crippen LogP contribution in [0.2, 0.25) is 0 Å². The van der Waals surface area contributed by atoms with E-state index in [0.29, 0.717) is 11.3 Å². The Hall–Kier alpha value is -3.97. The molecule has 3 aromatic carbocycles. The maximum absolute atomic E-state index is 12.6. The van der Waals surface area contributed by atoms with Crippen molar-refractivity contribution in [1.82, 2.24) is 4.90 Å². The van der Waals surface area contributed by atoms with Gasteiger partial charge in [-0.1, -0.05) is 72.8 Å². The fourth-order valence-corrected chi connectivity index (χ4v) is 3.68. The van der Waals surface area contributed by atoms with E-state index in [0.717, 1.165) is 16.0 Å². The molecule has 0 unspecified atom stereocenters. The van der Waals surface area contributed by atoms with Crippen LogP contribution < -0.4 is 4.74 Å². The first kappa shape index (κ1) is 22.2. The fourth-order valence-electron chi connectivity index (χ4n) is 3.68. The Morgan fingerprint density at radius 2 is 1.45 bits per heavy atom. The second kappa shape index (κ2) is 10.1. The molecule has 0 bridgehead atoms. The Kier molecular flexibility index (Phi) is 6.80. The summed E-state index contributed by atoms with van der Waals surface area (Å²) in [7, 11) is 0. The molecule has 0 saturated carbocycles. The van der Waals surface area contributed by atoms with Crippen LogP contribution in [0.15, 0.2) is 84.9 Å². The quantitative estimate of drug-likeness (QED) is 0.459. The number of carbonyl (C=O) groups is 3. The van der Waals surface area contributed by atoms with Crippen LogP contribution in [0.5, 0.6) is 5.75 Å². The molecular formula is C26H23NO6. The summed E-state index contributed by atoms with van der Waals surface area (Å²) in [4.78, 5) is 38.7. The predicted molar refractivity (Wildman–Crippen MR) is 121 cm³/mol. The molecule has 1 heterocycles. The predicted octanol–water partition coefficient (Wildman–Crippen LogP) is 3.71. The molecule has 0 radical (unpaired) electrons. The van der Waals surface area contributed by atoms with Crippen molar-refractivity contribution in [2.24, 2.45) is 0 Å². The highest BCUT2D eigenvalue weighted by atomic mass is 16.6. The molecule has 33 heavy (non-hydrogen) atoms. The second-order valence-corrected chi connectivity index (χ2v) is 7.71. The van der Waals surface area contributed by atoms with Crippen LogP contribution in [0.25, 0.3) is 11.1 Å². The van der Waals surface area contributed by atoms with Gasteiger partial charge in [-0.3, -0.25) is 9.69 Å². The normalized spacial score (nSPS) is 17.4. The van der Waals surface area contributed by atoms with Gasteiger partial charge in [-0.25, -0.2) is 9.59 Å². The van der Waals surface area contributed by atoms with E-state index in [9.17, 15) is 19.5 Å². The zero-order valence-corrected chi connectivity index (χ0v) is 17.8. The number of benzene rings is 3. The number of hydrogen-bond donors (Lipinski definition) is 1. The van der Waals surface area contributed by atoms with Gasteiger partial charge in [-0.05, 0) is 23.3 Å². The summed E-state index contributed by atoms with van der Waals surface area (Å²) in [6.07, 6.45) is -1.63. The number of carbonyl (C=O) groups excluding carboxylic acids is 3. The number of aliphatic hydroxyl groups excluding tert-OH is 1. The van der Waals surface area contributed by atoms with E-state index in [-0.39, 0.29) is 18.7 Å². The maximum atomic E-state index is 12.6. The van der Waals surface area contributed by atoms with Gasteiger partial charge in [0.15, 0.2) is 12.4 Å². The molecule has 7 heteroatoms. The Balaban J connectivity index is 1.35. The van der Waals surface area contributed by atoms with Crippen molar-refractivity contribution < 1.29 is 29.0 Å². The lowest BCUT2D eigenvalue weighted by molar-refractivity contribution is -0.147. The Morgan fingerprint density at radius 1 is 0.848 bits per heavy atom. The SMILES string of the molecule is O=C(COC(=O)[C@@H]1C[C@@H](O)CN1C(=O)Oc1ccccc1)c1ccc(-c2ccccc2)cc1. The minimum atomic E-state index is -1.02. The van der Waals surface area contributed by atoms with E-state index in [1.54, 1.807) is 42.5 Å². The number of hydrogen-bond acceptors (Lipinski definition) is 6. The number of ketones is 1. The van der Waals surface area contributed by atoms with Gasteiger partial charge in [0, 0.05) is 12.0 Å². The minimum absolute atomic E-state index is 0.0166. The lowest BCUT2D eigenvalue weighted by Gasteiger charge is -2.22. The standard InChI is InChI=1S/C26H23NO6/c28-21-15-23(27(16-21)26(31)33-22-9-5-2-6-10-22)25(30)32-17-24(29)20-13-11-19(12-14-20)18-7-3-1-4-8-18/h1-14,21,23,28H,15-17H2/t21-,23+/m1/s1. The molecule has 1 aliphatic rings. The lowest BCUT2D eigenvalue weighted by Crippen LogP contribution is -2.43. The minimum Gasteiger partial charge on any atom is -0.456 e. The molecule has 4 rings (SSSR count). The van der Waals surface area contributed by atoms with Crippen molar-refractivity contribution in [3.63, 3.8) is 0 Å². The van der Waals surface area contributed by atoms with Gasteiger partial charge in [0.1, 0.15) is 11.8 Å². The van der Waals surface area contributed by atoms with Gasteiger partial charge in [-0.2, -0.15) is 0 Å². The highest BCUT2D eigenvalue weighted by Gasteiger charge is 2.41. The van der Waals surface area contributed by atoms with Crippen LogP contribution in [0.4, 0.5) is 4.79 Å². The first-order valence-corrected chi connectivity index (χ1v) is 10.6. The summed E-state index contributed by atoms with van der Waals surface area (Å²) in [6, 6.07) is 24.2. The van der Waals surface area contributed by atoms with Crippen molar-refractivity contribution in [3.05, 3.63) is 90.5 Å². The summed E-state index contributed by atoms with van der Waals surface area (Å²) >= 11 is 0. The van der Waals surface area contributed by atoms with E-state index in [2.05, 4.69) is 0 Å². The van der Waals surface area contributed by atoms with Crippen molar-refractivity contribution in [2.45, 2.75) is 18.6 Å². The number of Topliss-reactive ketones (excluding diaryl/α,β-unsaturated/α-hetero) is 1. The number of nitrogens with zero attached hydrogens (tertiary/aromatic N) is 1. The van der Waals surface area contributed by atoms with Gasteiger partial charge in [0.25, 0.3) is 0 Å². The van der Waals surface area contributed by atoms with Gasteiger partial charge in [0.2, 0.25) is 0 Å². The summed E-state index contributed by atoms with van der Waals surface area (Å²) in [5.41, 5.74) is 2.41. The van der Waals surface area contributed by atoms with E-state index < -0.39 is 30.8 Å². The number of para-hydroxylation sites is 1. The number of esters is 1. The highest BCUT2D eigenvalue weighted by molar-refractivity contribution is 5.98. The van der Waals surface area contributed by atoms with Crippen LogP contribution in [0.3, 0.4) is 0 Å². The molecule has 0 aliphatic carbocycles. The van der Waals surface area contributed by atoms with Gasteiger partial charge in [-0.15, -0.1) is 0 Å². The Morgan fingerprint density at radius 3 is 2.12 bits per heavy atom. The summed E-state index contributed by atoms with van der Waals surface area (Å²) in [6.45, 7) is -0.516. The van der Waals surface area contributed by atoms with Crippen LogP contribution >= 0.6 is 0 Å². The zero-order chi connectivity index (χ0) is 23.2. The average molecular weight is 445 g/mol. The molecule has 1 fully saturated rings. The van der Waals surface area contributed by atoms with Gasteiger partial charge >= 0.3 is 12.1 Å². The number of aliphatic hydroxyl groups is 1. The van der Waals surface area contributed by atoms with Crippen molar-refractivity contribution in [3.8, 4) is 16.9 Å². The molecule has 1 aliphatic heterocycles. The fraction of sp³-hybridized carbons (Fsp3) is 0.192. The summed E-state index contributed by atoms with van der Waals surface area (Å²) < 4.78 is 10.5. The van der Waals surface area contributed by atoms with Gasteiger partial charge < -0.3 is 14.6 Å². The first-order chi connectivity index (χ1) is 16.0. The number of rotatable bonds is 6. The van der Waals surface area contributed by atoms with Crippen LogP contribution in [0, 0.1) is 0 Å². The van der Waals surface area contributed by atoms with Crippen LogP contribution in [-0.2, 0) is 9.53 Å². The maximum Gasteiger partial charge on any atom is 0.416 e. The van der Waals surface area contributed by atoms with Gasteiger partial charge in [0.05, 0.1) is 12.6 Å². The third kappa shape index (κ3) is 5.45. The molecule has 3 aromatic rings. The van der Waals surface area contributed by atoms with Crippen LogP contribution in [-0.4, -0.2) is 53.1 Å². The third-order valence-corrected chi connectivity index (χ3v) is 5.39. The monoisotopic (exact) mass is 445 g/mol. The molecule has 1 amide bonds. The first-order valence-electron chi connectivity index (χ1n) is 10.6. The lowest BCUT2D eigenvalue weighted by atomic mass is 10.0. The molecular weight excluding hydrogens is 422 g/mol. The molecule has 168 valence electrons. The van der Waals surface area contributed by atoms with Crippen molar-refractivity contribution in [2.75, 3.05) is 13.2 Å². The zero-order valence-electron chi connectivity index (χ0n) is 17.8. The Labute approximate surface area is 191 Å². The molecule has 2 atom stereocenters. The molecule has 1 saturated heterocycles. The molecule has 0 aromatic heterocycles. The number of likely N-dealkylation sites (tertiary alicyclic amines) is 1. The third-order valence-electron chi connectivity index (χ3n) is 5.39. The summed E-state index contributed by atoms with van der Waals surface area (Å²) in [5, 5.41) is 9.99. The highest BCUT2D eigenvalue weighted by Crippen LogP contribution is 2.22. The van der Waals surface area contributed by atoms with Crippen molar-refractivity contribution in [1.29, 1.82) is 0 Å². The molecule has 7 nitrogen and oxygen atoms in total.